The molecular weight excluding hydrogens is 258 g/mol. The van der Waals surface area contributed by atoms with Gasteiger partial charge >= 0.3 is 5.97 Å². The number of aliphatic hydroxyl groups is 1. The summed E-state index contributed by atoms with van der Waals surface area (Å²) >= 11 is 0. The number of hydrogen-bond acceptors (Lipinski definition) is 5. The Bertz CT molecular complexity index is 507. The lowest BCUT2D eigenvalue weighted by atomic mass is 10.1. The van der Waals surface area contributed by atoms with Crippen molar-refractivity contribution in [3.05, 3.63) is 42.0 Å². The van der Waals surface area contributed by atoms with E-state index in [1.165, 1.54) is 0 Å². The van der Waals surface area contributed by atoms with Crippen molar-refractivity contribution in [3.8, 4) is 0 Å². The van der Waals surface area contributed by atoms with Crippen LogP contribution in [-0.4, -0.2) is 35.6 Å². The summed E-state index contributed by atoms with van der Waals surface area (Å²) in [4.78, 5) is 22.0. The number of carbonyl (C=O) groups excluding carboxylic acids is 2. The summed E-state index contributed by atoms with van der Waals surface area (Å²) in [5.41, 5.74) is 1.41. The molecule has 0 amide bonds. The maximum absolute atomic E-state index is 11.4. The molecule has 20 heavy (non-hydrogen) atoms. The number of anilines is 1. The third-order valence-corrected chi connectivity index (χ3v) is 3.03. The van der Waals surface area contributed by atoms with Crippen LogP contribution in [0.2, 0.25) is 0 Å². The normalized spacial score (nSPS) is 23.6. The Morgan fingerprint density at radius 1 is 1.40 bits per heavy atom. The highest BCUT2D eigenvalue weighted by Crippen LogP contribution is 2.21. The molecule has 5 heteroatoms. The standard InChI is InChI=1S/C15H17NO4/c1-10(18)2-7-14-13(8-15(19)20-14)16-12-5-3-11(9-17)4-6-12/h2-7,9-10,13-14,16,18H,8H2,1H3/b7-2+/t10-,13-,14+/m1/s1. The average Bonchev–Trinajstić information content (AvgIpc) is 2.77. The highest BCUT2D eigenvalue weighted by atomic mass is 16.6. The minimum absolute atomic E-state index is 0.181. The highest BCUT2D eigenvalue weighted by Gasteiger charge is 2.32. The van der Waals surface area contributed by atoms with E-state index >= 15 is 0 Å². The predicted molar refractivity (Wildman–Crippen MR) is 74.6 cm³/mol. The molecule has 2 N–H and O–H groups in total. The van der Waals surface area contributed by atoms with Crippen LogP contribution in [0.4, 0.5) is 5.69 Å². The van der Waals surface area contributed by atoms with E-state index in [1.807, 2.05) is 0 Å². The molecule has 3 atom stereocenters. The summed E-state index contributed by atoms with van der Waals surface area (Å²) in [5, 5.41) is 12.4. The quantitative estimate of drug-likeness (QED) is 0.484. The summed E-state index contributed by atoms with van der Waals surface area (Å²) in [6.45, 7) is 1.63. The largest absolute Gasteiger partial charge is 0.456 e. The average molecular weight is 275 g/mol. The second kappa shape index (κ2) is 6.34. The molecule has 0 saturated carbocycles. The van der Waals surface area contributed by atoms with Gasteiger partial charge in [-0.15, -0.1) is 0 Å². The molecule has 0 unspecified atom stereocenters. The number of hydrogen-bond donors (Lipinski definition) is 2. The third-order valence-electron chi connectivity index (χ3n) is 3.03. The summed E-state index contributed by atoms with van der Waals surface area (Å²) < 4.78 is 5.19. The molecule has 0 bridgehead atoms. The number of nitrogens with one attached hydrogen (secondary N) is 1. The van der Waals surface area contributed by atoms with Crippen molar-refractivity contribution in [3.63, 3.8) is 0 Å². The van der Waals surface area contributed by atoms with E-state index in [1.54, 1.807) is 43.3 Å². The van der Waals surface area contributed by atoms with Gasteiger partial charge in [0, 0.05) is 11.3 Å². The second-order valence-corrected chi connectivity index (χ2v) is 4.77. The first kappa shape index (κ1) is 14.3. The van der Waals surface area contributed by atoms with Crippen molar-refractivity contribution in [1.82, 2.24) is 0 Å². The molecule has 1 heterocycles. The van der Waals surface area contributed by atoms with Gasteiger partial charge in [0.05, 0.1) is 18.6 Å². The van der Waals surface area contributed by atoms with Gasteiger partial charge < -0.3 is 15.2 Å². The minimum Gasteiger partial charge on any atom is -0.456 e. The number of cyclic esters (lactones) is 1. The first-order valence-corrected chi connectivity index (χ1v) is 6.46. The van der Waals surface area contributed by atoms with Gasteiger partial charge in [0.25, 0.3) is 0 Å². The zero-order valence-corrected chi connectivity index (χ0v) is 11.2. The number of ether oxygens (including phenoxy) is 1. The van der Waals surface area contributed by atoms with E-state index < -0.39 is 12.2 Å². The van der Waals surface area contributed by atoms with Crippen LogP contribution in [0.3, 0.4) is 0 Å². The highest BCUT2D eigenvalue weighted by molar-refractivity contribution is 5.76. The van der Waals surface area contributed by atoms with Crippen molar-refractivity contribution in [2.24, 2.45) is 0 Å². The summed E-state index contributed by atoms with van der Waals surface area (Å²) in [5.74, 6) is -0.271. The Kier molecular flexibility index (Phi) is 4.53. The zero-order chi connectivity index (χ0) is 14.5. The van der Waals surface area contributed by atoms with E-state index in [0.717, 1.165) is 12.0 Å². The van der Waals surface area contributed by atoms with Gasteiger partial charge in [-0.3, -0.25) is 9.59 Å². The SMILES string of the molecule is C[C@@H](O)/C=C/[C@@H]1OC(=O)C[C@H]1Nc1ccc(C=O)cc1. The van der Waals surface area contributed by atoms with Crippen molar-refractivity contribution in [1.29, 1.82) is 0 Å². The Labute approximate surface area is 117 Å². The van der Waals surface area contributed by atoms with Gasteiger partial charge in [-0.1, -0.05) is 6.08 Å². The molecule has 1 fully saturated rings. The summed E-state index contributed by atoms with van der Waals surface area (Å²) in [6.07, 6.45) is 3.34. The fourth-order valence-corrected chi connectivity index (χ4v) is 2.03. The van der Waals surface area contributed by atoms with E-state index in [0.29, 0.717) is 5.56 Å². The summed E-state index contributed by atoms with van der Waals surface area (Å²) in [6, 6.07) is 6.78. The number of benzene rings is 1. The van der Waals surface area contributed by atoms with Crippen molar-refractivity contribution in [2.45, 2.75) is 31.6 Å². The molecule has 106 valence electrons. The van der Waals surface area contributed by atoms with Gasteiger partial charge in [0.2, 0.25) is 0 Å². The molecule has 2 rings (SSSR count). The lowest BCUT2D eigenvalue weighted by molar-refractivity contribution is -0.140. The van der Waals surface area contributed by atoms with Gasteiger partial charge in [-0.05, 0) is 37.3 Å². The number of aldehydes is 1. The van der Waals surface area contributed by atoms with E-state index in [4.69, 9.17) is 4.74 Å². The maximum atomic E-state index is 11.4. The van der Waals surface area contributed by atoms with Gasteiger partial charge in [-0.2, -0.15) is 0 Å². The molecular formula is C15H17NO4. The van der Waals surface area contributed by atoms with Crippen LogP contribution in [-0.2, 0) is 9.53 Å². The smallest absolute Gasteiger partial charge is 0.308 e. The van der Waals surface area contributed by atoms with Crippen LogP contribution in [0.25, 0.3) is 0 Å². The first-order chi connectivity index (χ1) is 9.58. The fraction of sp³-hybridized carbons (Fsp3) is 0.333. The Balaban J connectivity index is 2.05. The monoisotopic (exact) mass is 275 g/mol. The Morgan fingerprint density at radius 3 is 2.70 bits per heavy atom. The van der Waals surface area contributed by atoms with E-state index in [9.17, 15) is 14.7 Å². The molecule has 1 aromatic rings. The minimum atomic E-state index is -0.582. The molecule has 0 radical (unpaired) electrons. The third kappa shape index (κ3) is 3.68. The molecule has 1 aliphatic heterocycles. The number of rotatable bonds is 5. The lowest BCUT2D eigenvalue weighted by Gasteiger charge is -2.17. The van der Waals surface area contributed by atoms with Gasteiger partial charge in [0.1, 0.15) is 12.4 Å². The number of aliphatic hydroxyl groups excluding tert-OH is 1. The predicted octanol–water partition coefficient (Wildman–Crippen LogP) is 1.53. The maximum Gasteiger partial charge on any atom is 0.308 e. The molecule has 0 spiro atoms. The van der Waals surface area contributed by atoms with E-state index in [-0.39, 0.29) is 18.4 Å². The van der Waals surface area contributed by atoms with Gasteiger partial charge in [0.15, 0.2) is 0 Å². The molecule has 5 nitrogen and oxygen atoms in total. The Hall–Kier alpha value is -2.14. The van der Waals surface area contributed by atoms with E-state index in [2.05, 4.69) is 5.32 Å². The Morgan fingerprint density at radius 2 is 2.10 bits per heavy atom. The number of esters is 1. The fourth-order valence-electron chi connectivity index (χ4n) is 2.03. The van der Waals surface area contributed by atoms with Crippen LogP contribution in [0.15, 0.2) is 36.4 Å². The lowest BCUT2D eigenvalue weighted by Crippen LogP contribution is -2.27. The molecule has 0 aromatic heterocycles. The van der Waals surface area contributed by atoms with Crippen LogP contribution in [0, 0.1) is 0 Å². The zero-order valence-electron chi connectivity index (χ0n) is 11.2. The van der Waals surface area contributed by atoms with Gasteiger partial charge in [-0.25, -0.2) is 0 Å². The van der Waals surface area contributed by atoms with Crippen LogP contribution >= 0.6 is 0 Å². The van der Waals surface area contributed by atoms with Crippen LogP contribution in [0.1, 0.15) is 23.7 Å². The topological polar surface area (TPSA) is 75.6 Å². The molecule has 1 aromatic carbocycles. The van der Waals surface area contributed by atoms with Crippen molar-refractivity contribution in [2.75, 3.05) is 5.32 Å². The summed E-state index contributed by atoms with van der Waals surface area (Å²) in [7, 11) is 0. The first-order valence-electron chi connectivity index (χ1n) is 6.46. The number of carbonyl (C=O) groups is 2. The molecule has 1 saturated heterocycles. The van der Waals surface area contributed by atoms with Crippen LogP contribution < -0.4 is 5.32 Å². The molecule has 1 aliphatic rings. The second-order valence-electron chi connectivity index (χ2n) is 4.77. The molecule has 0 aliphatic carbocycles. The van der Waals surface area contributed by atoms with Crippen LogP contribution in [0.5, 0.6) is 0 Å². The van der Waals surface area contributed by atoms with Crippen molar-refractivity contribution >= 4 is 17.9 Å². The van der Waals surface area contributed by atoms with Crippen molar-refractivity contribution < 1.29 is 19.4 Å².